The number of hydrogen-bond donors (Lipinski definition) is 1. The highest BCUT2D eigenvalue weighted by Crippen LogP contribution is 2.39. The molecule has 1 aromatic heterocycles. The van der Waals surface area contributed by atoms with E-state index < -0.39 is 17.2 Å². The van der Waals surface area contributed by atoms with Crippen molar-refractivity contribution >= 4 is 29.3 Å². The van der Waals surface area contributed by atoms with Gasteiger partial charge in [0.25, 0.3) is 0 Å². The first-order valence-electron chi connectivity index (χ1n) is 10.9. The molecule has 36 heavy (non-hydrogen) atoms. The molecule has 0 spiro atoms. The first kappa shape index (κ1) is 25.7. The topological polar surface area (TPSA) is 64.3 Å². The maximum Gasteiger partial charge on any atom is 0.338 e. The van der Waals surface area contributed by atoms with E-state index in [4.69, 9.17) is 16.3 Å². The lowest BCUT2D eigenvalue weighted by Gasteiger charge is -2.28. The van der Waals surface area contributed by atoms with E-state index in [2.05, 4.69) is 4.98 Å². The SMILES string of the molecule is COc1ccc(C(C)(C)c2cnc(SCc3ccc(F)c(C(=O)O)c3)n2-c2ccc(F)cc2)cc1Cl. The van der Waals surface area contributed by atoms with Crippen molar-refractivity contribution in [2.45, 2.75) is 30.2 Å². The number of carboxylic acids is 1. The molecule has 0 bridgehead atoms. The molecule has 5 nitrogen and oxygen atoms in total. The van der Waals surface area contributed by atoms with E-state index in [1.165, 1.54) is 30.0 Å². The van der Waals surface area contributed by atoms with Crippen molar-refractivity contribution in [3.05, 3.63) is 106 Å². The summed E-state index contributed by atoms with van der Waals surface area (Å²) in [6.45, 7) is 4.07. The van der Waals surface area contributed by atoms with Crippen LogP contribution in [0.25, 0.3) is 5.69 Å². The Morgan fingerprint density at radius 2 is 1.83 bits per heavy atom. The fourth-order valence-corrected chi connectivity index (χ4v) is 5.09. The number of halogens is 3. The van der Waals surface area contributed by atoms with Gasteiger partial charge >= 0.3 is 5.97 Å². The monoisotopic (exact) mass is 528 g/mol. The van der Waals surface area contributed by atoms with Crippen LogP contribution in [0.4, 0.5) is 8.78 Å². The Labute approximate surface area is 216 Å². The zero-order chi connectivity index (χ0) is 26.0. The van der Waals surface area contributed by atoms with Gasteiger partial charge in [0.1, 0.15) is 17.4 Å². The average Bonchev–Trinajstić information content (AvgIpc) is 3.28. The number of rotatable bonds is 8. The number of ether oxygens (including phenoxy) is 1. The average molecular weight is 529 g/mol. The molecule has 4 aromatic rings. The smallest absolute Gasteiger partial charge is 0.338 e. The summed E-state index contributed by atoms with van der Waals surface area (Å²) in [6, 6.07) is 15.7. The van der Waals surface area contributed by atoms with Crippen LogP contribution in [0.15, 0.2) is 72.0 Å². The number of nitrogens with zero attached hydrogens (tertiary/aromatic N) is 2. The van der Waals surface area contributed by atoms with Gasteiger partial charge in [-0.3, -0.25) is 4.57 Å². The summed E-state index contributed by atoms with van der Waals surface area (Å²) >= 11 is 7.77. The molecule has 1 N–H and O–H groups in total. The van der Waals surface area contributed by atoms with E-state index in [1.54, 1.807) is 31.5 Å². The minimum Gasteiger partial charge on any atom is -0.495 e. The number of aromatic carboxylic acids is 1. The third kappa shape index (κ3) is 5.10. The molecule has 9 heteroatoms. The van der Waals surface area contributed by atoms with Gasteiger partial charge in [0.05, 0.1) is 29.6 Å². The molecule has 0 atom stereocenters. The van der Waals surface area contributed by atoms with Gasteiger partial charge in [-0.1, -0.05) is 49.3 Å². The number of carboxylic acid groups (broad SMARTS) is 1. The second-order valence-electron chi connectivity index (χ2n) is 8.62. The lowest BCUT2D eigenvalue weighted by atomic mass is 9.81. The minimum absolute atomic E-state index is 0.354. The van der Waals surface area contributed by atoms with Crippen LogP contribution < -0.4 is 4.74 Å². The van der Waals surface area contributed by atoms with Gasteiger partial charge in [-0.15, -0.1) is 0 Å². The number of imidazole rings is 1. The molecule has 1 heterocycles. The summed E-state index contributed by atoms with van der Waals surface area (Å²) in [5.74, 6) is -1.55. The van der Waals surface area contributed by atoms with Crippen molar-refractivity contribution in [3.8, 4) is 11.4 Å². The quantitative estimate of drug-likeness (QED) is 0.246. The van der Waals surface area contributed by atoms with Gasteiger partial charge in [-0.25, -0.2) is 18.6 Å². The largest absolute Gasteiger partial charge is 0.495 e. The second-order valence-corrected chi connectivity index (χ2v) is 9.97. The maximum absolute atomic E-state index is 13.8. The van der Waals surface area contributed by atoms with Gasteiger partial charge in [0.15, 0.2) is 5.16 Å². The highest BCUT2D eigenvalue weighted by atomic mass is 35.5. The number of carbonyl (C=O) groups is 1. The molecule has 0 fully saturated rings. The number of hydrogen-bond acceptors (Lipinski definition) is 4. The number of thioether (sulfide) groups is 1. The zero-order valence-electron chi connectivity index (χ0n) is 19.8. The van der Waals surface area contributed by atoms with Crippen molar-refractivity contribution in [3.63, 3.8) is 0 Å². The Morgan fingerprint density at radius 1 is 1.11 bits per heavy atom. The van der Waals surface area contributed by atoms with Crippen LogP contribution in [0.5, 0.6) is 5.75 Å². The molecule has 0 amide bonds. The molecule has 0 unspecified atom stereocenters. The third-order valence-electron chi connectivity index (χ3n) is 5.96. The Bertz CT molecular complexity index is 1420. The summed E-state index contributed by atoms with van der Waals surface area (Å²) in [4.78, 5) is 16.0. The van der Waals surface area contributed by atoms with E-state index in [-0.39, 0.29) is 11.4 Å². The Hall–Kier alpha value is -3.36. The van der Waals surface area contributed by atoms with E-state index in [9.17, 15) is 18.7 Å². The van der Waals surface area contributed by atoms with Crippen molar-refractivity contribution < 1.29 is 23.4 Å². The highest BCUT2D eigenvalue weighted by Gasteiger charge is 2.30. The zero-order valence-corrected chi connectivity index (χ0v) is 21.3. The lowest BCUT2D eigenvalue weighted by Crippen LogP contribution is -2.23. The van der Waals surface area contributed by atoms with Crippen LogP contribution in [0.1, 0.15) is 41.0 Å². The van der Waals surface area contributed by atoms with Gasteiger partial charge in [0.2, 0.25) is 0 Å². The van der Waals surface area contributed by atoms with Crippen LogP contribution in [0.3, 0.4) is 0 Å². The molecular weight excluding hydrogens is 506 g/mol. The van der Waals surface area contributed by atoms with Crippen LogP contribution in [0.2, 0.25) is 5.02 Å². The van der Waals surface area contributed by atoms with Crippen LogP contribution >= 0.6 is 23.4 Å². The summed E-state index contributed by atoms with van der Waals surface area (Å²) in [5.41, 5.74) is 2.18. The van der Waals surface area contributed by atoms with Crippen molar-refractivity contribution in [1.29, 1.82) is 0 Å². The third-order valence-corrected chi connectivity index (χ3v) is 7.28. The first-order chi connectivity index (χ1) is 17.1. The second kappa shape index (κ2) is 10.3. The summed E-state index contributed by atoms with van der Waals surface area (Å²) < 4.78 is 34.8. The van der Waals surface area contributed by atoms with Gasteiger partial charge in [-0.2, -0.15) is 0 Å². The predicted octanol–water partition coefficient (Wildman–Crippen LogP) is 7.13. The van der Waals surface area contributed by atoms with Crippen molar-refractivity contribution in [1.82, 2.24) is 9.55 Å². The molecule has 4 rings (SSSR count). The number of methoxy groups -OCH3 is 1. The Balaban J connectivity index is 1.75. The summed E-state index contributed by atoms with van der Waals surface area (Å²) in [7, 11) is 1.56. The molecule has 186 valence electrons. The van der Waals surface area contributed by atoms with Crippen molar-refractivity contribution in [2.75, 3.05) is 7.11 Å². The first-order valence-corrected chi connectivity index (χ1v) is 12.3. The Kier molecular flexibility index (Phi) is 7.38. The molecule has 0 saturated carbocycles. The lowest BCUT2D eigenvalue weighted by molar-refractivity contribution is 0.0691. The summed E-state index contributed by atoms with van der Waals surface area (Å²) in [6.07, 6.45) is 1.76. The standard InChI is InChI=1S/C27H23ClF2N2O3S/c1-27(2,17-5-11-23(35-3)21(28)13-17)24-14-31-26(32(24)19-8-6-18(29)7-9-19)36-15-16-4-10-22(30)20(12-16)25(33)34/h4-14H,15H2,1-3H3,(H,33,34). The van der Waals surface area contributed by atoms with E-state index in [1.807, 2.05) is 36.6 Å². The molecule has 0 saturated heterocycles. The molecule has 0 aliphatic heterocycles. The van der Waals surface area contributed by atoms with E-state index in [0.29, 0.717) is 32.9 Å². The van der Waals surface area contributed by atoms with E-state index in [0.717, 1.165) is 17.3 Å². The molecular formula is C27H23ClF2N2O3S. The van der Waals surface area contributed by atoms with Crippen LogP contribution in [-0.4, -0.2) is 27.7 Å². The van der Waals surface area contributed by atoms with Gasteiger partial charge < -0.3 is 9.84 Å². The molecule has 0 radical (unpaired) electrons. The van der Waals surface area contributed by atoms with Crippen molar-refractivity contribution in [2.24, 2.45) is 0 Å². The molecule has 3 aromatic carbocycles. The van der Waals surface area contributed by atoms with Gasteiger partial charge in [0, 0.05) is 16.9 Å². The van der Waals surface area contributed by atoms with Crippen LogP contribution in [0, 0.1) is 11.6 Å². The molecule has 0 aliphatic carbocycles. The van der Waals surface area contributed by atoms with E-state index >= 15 is 0 Å². The Morgan fingerprint density at radius 3 is 2.47 bits per heavy atom. The normalized spacial score (nSPS) is 11.5. The summed E-state index contributed by atoms with van der Waals surface area (Å²) in [5, 5.41) is 10.3. The number of benzene rings is 3. The predicted molar refractivity (Wildman–Crippen MR) is 137 cm³/mol. The fraction of sp³-hybridized carbons (Fsp3) is 0.185. The molecule has 0 aliphatic rings. The highest BCUT2D eigenvalue weighted by molar-refractivity contribution is 7.98. The van der Waals surface area contributed by atoms with Crippen LogP contribution in [-0.2, 0) is 11.2 Å². The maximum atomic E-state index is 13.8. The van der Waals surface area contributed by atoms with Gasteiger partial charge in [-0.05, 0) is 59.7 Å². The minimum atomic E-state index is -1.32. The number of aromatic nitrogens is 2. The fourth-order valence-electron chi connectivity index (χ4n) is 3.89.